The Hall–Kier alpha value is -0.550. The van der Waals surface area contributed by atoms with Crippen molar-refractivity contribution >= 4 is 40.0 Å². The van der Waals surface area contributed by atoms with E-state index in [0.717, 1.165) is 5.56 Å². The molecule has 0 aromatic heterocycles. The average Bonchev–Trinajstić information content (AvgIpc) is 2.81. The van der Waals surface area contributed by atoms with Crippen LogP contribution in [0.25, 0.3) is 0 Å². The maximum Gasteiger partial charge on any atom is 0.262 e. The van der Waals surface area contributed by atoms with Crippen LogP contribution in [0.15, 0.2) is 18.2 Å². The second-order valence-corrected chi connectivity index (χ2v) is 8.76. The quantitative estimate of drug-likeness (QED) is 0.355. The zero-order valence-corrected chi connectivity index (χ0v) is 18.2. The normalized spacial score (nSPS) is 41.2. The molecule has 1 aromatic rings. The smallest absolute Gasteiger partial charge is 0.262 e. The molecule has 0 saturated heterocycles. The Morgan fingerprint density at radius 2 is 2.22 bits per heavy atom. The zero-order valence-electron chi connectivity index (χ0n) is 19.4. The minimum Gasteiger partial charge on any atom is -0.716 e. The van der Waals surface area contributed by atoms with E-state index in [0.29, 0.717) is 31.2 Å². The molecule has 2 saturated carbocycles. The first kappa shape index (κ1) is 16.3. The maximum atomic E-state index is 11.1. The maximum absolute atomic E-state index is 11.1. The summed E-state index contributed by atoms with van der Waals surface area (Å²) in [6.07, 6.45) is 5.94. The number of fused-ring (bicyclic) bond motifs is 5. The third-order valence-electron chi connectivity index (χ3n) is 6.72. The van der Waals surface area contributed by atoms with Gasteiger partial charge in [0.25, 0.3) is 10.4 Å². The number of aliphatic hydroxyl groups is 1. The van der Waals surface area contributed by atoms with E-state index in [-0.39, 0.29) is 65.8 Å². The number of benzene rings is 1. The Balaban J connectivity index is 0.00000272. The number of hydrogen-bond donors (Lipinski definition) is 1. The van der Waals surface area contributed by atoms with Gasteiger partial charge in [-0.15, -0.1) is 6.42 Å². The van der Waals surface area contributed by atoms with E-state index in [1.165, 1.54) is 6.07 Å². The SMILES string of the molecule is [2H]c1cc2c(c([2H])c1OS(=O)(=O)[O-])CC[C@@H]1[C@@H]2CC[C@@]2(C)[C@H]1CC([2H])([2H])[C@@]2(O)C#C.[Na]. The van der Waals surface area contributed by atoms with Crippen molar-refractivity contribution in [2.45, 2.75) is 56.9 Å². The fraction of sp³-hybridized carbons (Fsp3) is 0.600. The average molecular weight is 402 g/mol. The van der Waals surface area contributed by atoms with Crippen molar-refractivity contribution in [3.05, 3.63) is 29.3 Å². The van der Waals surface area contributed by atoms with Crippen LogP contribution in [-0.4, -0.2) is 53.2 Å². The Morgan fingerprint density at radius 3 is 2.89 bits per heavy atom. The predicted octanol–water partition coefficient (Wildman–Crippen LogP) is 2.37. The first-order chi connectivity index (χ1) is 13.8. The Kier molecular flexibility index (Phi) is 4.25. The van der Waals surface area contributed by atoms with Crippen molar-refractivity contribution in [1.82, 2.24) is 0 Å². The fourth-order valence-corrected chi connectivity index (χ4v) is 5.66. The van der Waals surface area contributed by atoms with E-state index in [4.69, 9.17) is 11.9 Å². The third kappa shape index (κ3) is 3.37. The topological polar surface area (TPSA) is 86.7 Å². The van der Waals surface area contributed by atoms with Gasteiger partial charge < -0.3 is 13.8 Å². The summed E-state index contributed by atoms with van der Waals surface area (Å²) in [6, 6.07) is 0.865. The molecule has 2 fully saturated rings. The molecule has 0 bridgehead atoms. The molecule has 7 heteroatoms. The van der Waals surface area contributed by atoms with Crippen LogP contribution < -0.4 is 4.18 Å². The van der Waals surface area contributed by atoms with Gasteiger partial charge in [-0.2, -0.15) is 0 Å². The van der Waals surface area contributed by atoms with Gasteiger partial charge in [0.1, 0.15) is 11.4 Å². The summed E-state index contributed by atoms with van der Waals surface area (Å²) in [7, 11) is -5.10. The molecule has 0 unspecified atom stereocenters. The number of hydrogen-bond acceptors (Lipinski definition) is 5. The molecule has 27 heavy (non-hydrogen) atoms. The van der Waals surface area contributed by atoms with Crippen molar-refractivity contribution in [2.24, 2.45) is 17.3 Å². The predicted molar refractivity (Wildman–Crippen MR) is 101 cm³/mol. The summed E-state index contributed by atoms with van der Waals surface area (Å²) in [5.41, 5.74) is -1.34. The molecule has 1 radical (unpaired) electrons. The number of terminal acetylenes is 1. The first-order valence-electron chi connectivity index (χ1n) is 10.7. The van der Waals surface area contributed by atoms with Crippen LogP contribution in [0.2, 0.25) is 0 Å². The molecular formula is C20H23NaO5S-. The molecule has 4 rings (SSSR count). The van der Waals surface area contributed by atoms with E-state index in [2.05, 4.69) is 10.1 Å². The second-order valence-electron chi connectivity index (χ2n) is 7.78. The molecule has 1 aromatic carbocycles. The van der Waals surface area contributed by atoms with Crippen LogP contribution in [0.3, 0.4) is 0 Å². The number of rotatable bonds is 2. The molecule has 0 amide bonds. The van der Waals surface area contributed by atoms with Crippen LogP contribution in [0.5, 0.6) is 5.75 Å². The Bertz CT molecular complexity index is 1070. The van der Waals surface area contributed by atoms with Crippen molar-refractivity contribution < 1.29 is 27.7 Å². The van der Waals surface area contributed by atoms with E-state index >= 15 is 0 Å². The second kappa shape index (κ2) is 7.05. The van der Waals surface area contributed by atoms with Gasteiger partial charge >= 0.3 is 0 Å². The standard InChI is InChI=1S/C20H24O5S.Na/c1-3-20(21)11-9-18-17-6-4-13-12-14(25-26(22,23)24)5-7-15(13)16(17)8-10-19(18,20)2;/h1,5,7,12,16-18,21H,4,6,8-11H2,2H3,(H,22,23,24);/p-1/t16-,17-,18+,19+,20+;/m1./s1/i5D,11D2,12D;. The van der Waals surface area contributed by atoms with Gasteiger partial charge in [0, 0.05) is 37.7 Å². The summed E-state index contributed by atoms with van der Waals surface area (Å²) >= 11 is 0. The third-order valence-corrected chi connectivity index (χ3v) is 7.09. The monoisotopic (exact) mass is 402 g/mol. The summed E-state index contributed by atoms with van der Waals surface area (Å²) in [6.45, 7) is 1.86. The van der Waals surface area contributed by atoms with Crippen molar-refractivity contribution in [1.29, 1.82) is 0 Å². The summed E-state index contributed by atoms with van der Waals surface area (Å²) < 4.78 is 70.6. The molecule has 1 N–H and O–H groups in total. The summed E-state index contributed by atoms with van der Waals surface area (Å²) in [5.74, 6) is 1.59. The van der Waals surface area contributed by atoms with Gasteiger partial charge in [-0.3, -0.25) is 0 Å². The molecule has 3 aliphatic rings. The summed E-state index contributed by atoms with van der Waals surface area (Å²) in [5, 5.41) is 11.1. The van der Waals surface area contributed by atoms with Gasteiger partial charge in [-0.1, -0.05) is 18.9 Å². The van der Waals surface area contributed by atoms with Gasteiger partial charge in [0.05, 0.1) is 2.74 Å². The largest absolute Gasteiger partial charge is 0.716 e. The molecule has 141 valence electrons. The van der Waals surface area contributed by atoms with E-state index in [1.807, 2.05) is 6.92 Å². The van der Waals surface area contributed by atoms with E-state index in [9.17, 15) is 18.1 Å². The van der Waals surface area contributed by atoms with Crippen LogP contribution in [0.4, 0.5) is 0 Å². The summed E-state index contributed by atoms with van der Waals surface area (Å²) in [4.78, 5) is 0. The van der Waals surface area contributed by atoms with Gasteiger partial charge in [0.2, 0.25) is 0 Å². The van der Waals surface area contributed by atoms with Crippen LogP contribution in [0.1, 0.15) is 61.5 Å². The van der Waals surface area contributed by atoms with E-state index in [1.54, 1.807) is 0 Å². The molecule has 0 aliphatic heterocycles. The Morgan fingerprint density at radius 1 is 1.48 bits per heavy atom. The molecule has 0 spiro atoms. The van der Waals surface area contributed by atoms with Crippen LogP contribution in [-0.2, 0) is 16.8 Å². The van der Waals surface area contributed by atoms with Crippen molar-refractivity contribution in [3.8, 4) is 18.1 Å². The van der Waals surface area contributed by atoms with Crippen LogP contribution in [0, 0.1) is 29.6 Å². The molecular weight excluding hydrogens is 375 g/mol. The minimum absolute atomic E-state index is 0. The van der Waals surface area contributed by atoms with Crippen molar-refractivity contribution in [2.75, 3.05) is 0 Å². The van der Waals surface area contributed by atoms with Gasteiger partial charge in [-0.25, -0.2) is 8.42 Å². The van der Waals surface area contributed by atoms with Gasteiger partial charge in [-0.05, 0) is 79.4 Å². The van der Waals surface area contributed by atoms with Crippen molar-refractivity contribution in [3.63, 3.8) is 0 Å². The fourth-order valence-electron chi connectivity index (χ4n) is 5.37. The zero-order chi connectivity index (χ0) is 22.3. The first-order valence-corrected chi connectivity index (χ1v) is 10.1. The minimum atomic E-state index is -5.10. The van der Waals surface area contributed by atoms with Gasteiger partial charge in [0.15, 0.2) is 0 Å². The Labute approximate surface area is 188 Å². The van der Waals surface area contributed by atoms with E-state index < -0.39 is 33.5 Å². The molecule has 5 atom stereocenters. The molecule has 0 heterocycles. The van der Waals surface area contributed by atoms with Crippen LogP contribution >= 0.6 is 0 Å². The molecule has 5 nitrogen and oxygen atoms in total. The molecule has 3 aliphatic carbocycles.